The van der Waals surface area contributed by atoms with Crippen molar-refractivity contribution in [2.24, 2.45) is 5.73 Å². The molecule has 0 aliphatic rings. The Morgan fingerprint density at radius 1 is 1.15 bits per heavy atom. The number of unbranched alkanes of at least 4 members (excludes halogenated alkanes) is 2. The number of nitrogens with two attached hydrogens (primary N) is 1. The number of nitrogens with one attached hydrogen (secondary N) is 2. The van der Waals surface area contributed by atoms with Crippen LogP contribution in [0.1, 0.15) is 47.2 Å². The van der Waals surface area contributed by atoms with E-state index in [-0.39, 0.29) is 11.8 Å². The van der Waals surface area contributed by atoms with Gasteiger partial charge in [-0.3, -0.25) is 9.59 Å². The summed E-state index contributed by atoms with van der Waals surface area (Å²) >= 11 is 0. The standard InChI is InChI=1S/C21H29N3O2/c1-5-9-19(17(4)22)24-20(25)10-7-6-8-13-23-21(26)18-12-11-15(2)16(3)14-18/h5,9,11-12,14H,1,4,6-8,10,13,22H2,2-3H3,(H,23,26)(H,24,25)/b19-9+. The van der Waals surface area contributed by atoms with Crippen LogP contribution in [0, 0.1) is 13.8 Å². The number of benzene rings is 1. The molecule has 0 spiro atoms. The summed E-state index contributed by atoms with van der Waals surface area (Å²) in [6.07, 6.45) is 5.97. The molecule has 0 heterocycles. The average molecular weight is 355 g/mol. The van der Waals surface area contributed by atoms with Crippen LogP contribution >= 0.6 is 0 Å². The molecule has 0 saturated heterocycles. The smallest absolute Gasteiger partial charge is 0.251 e. The Hall–Kier alpha value is -2.82. The predicted octanol–water partition coefficient (Wildman–Crippen LogP) is 3.25. The minimum Gasteiger partial charge on any atom is -0.398 e. The molecule has 5 nitrogen and oxygen atoms in total. The topological polar surface area (TPSA) is 84.2 Å². The van der Waals surface area contributed by atoms with Crippen molar-refractivity contribution in [1.82, 2.24) is 10.6 Å². The van der Waals surface area contributed by atoms with Gasteiger partial charge in [0.2, 0.25) is 5.91 Å². The van der Waals surface area contributed by atoms with Gasteiger partial charge in [0, 0.05) is 24.2 Å². The van der Waals surface area contributed by atoms with Crippen molar-refractivity contribution in [3.63, 3.8) is 0 Å². The summed E-state index contributed by atoms with van der Waals surface area (Å²) in [5.74, 6) is -0.171. The molecule has 5 heteroatoms. The third kappa shape index (κ3) is 7.38. The third-order valence-corrected chi connectivity index (χ3v) is 4.04. The van der Waals surface area contributed by atoms with Gasteiger partial charge in [-0.2, -0.15) is 0 Å². The maximum absolute atomic E-state index is 12.1. The third-order valence-electron chi connectivity index (χ3n) is 4.04. The summed E-state index contributed by atoms with van der Waals surface area (Å²) in [6, 6.07) is 5.68. The van der Waals surface area contributed by atoms with Gasteiger partial charge in [-0.05, 0) is 56.0 Å². The lowest BCUT2D eigenvalue weighted by atomic mass is 10.1. The van der Waals surface area contributed by atoms with Gasteiger partial charge in [0.25, 0.3) is 5.91 Å². The Bertz CT molecular complexity index is 705. The minimum absolute atomic E-state index is 0.0634. The van der Waals surface area contributed by atoms with Crippen molar-refractivity contribution < 1.29 is 9.59 Å². The van der Waals surface area contributed by atoms with E-state index in [1.165, 1.54) is 5.56 Å². The quantitative estimate of drug-likeness (QED) is 0.445. The lowest BCUT2D eigenvalue weighted by Gasteiger charge is -2.09. The first-order valence-electron chi connectivity index (χ1n) is 8.78. The fourth-order valence-corrected chi connectivity index (χ4v) is 2.33. The molecule has 0 aliphatic heterocycles. The second-order valence-electron chi connectivity index (χ2n) is 6.26. The molecule has 0 aromatic heterocycles. The van der Waals surface area contributed by atoms with Gasteiger partial charge in [0.1, 0.15) is 0 Å². The predicted molar refractivity (Wildman–Crippen MR) is 106 cm³/mol. The van der Waals surface area contributed by atoms with E-state index in [0.29, 0.717) is 29.9 Å². The van der Waals surface area contributed by atoms with Crippen molar-refractivity contribution in [2.45, 2.75) is 39.5 Å². The molecule has 0 aliphatic carbocycles. The zero-order chi connectivity index (χ0) is 19.5. The molecule has 0 atom stereocenters. The molecule has 0 bridgehead atoms. The zero-order valence-electron chi connectivity index (χ0n) is 15.7. The lowest BCUT2D eigenvalue weighted by molar-refractivity contribution is -0.120. The van der Waals surface area contributed by atoms with Crippen LogP contribution in [0.4, 0.5) is 0 Å². The number of amides is 2. The van der Waals surface area contributed by atoms with Gasteiger partial charge in [0.15, 0.2) is 0 Å². The van der Waals surface area contributed by atoms with E-state index >= 15 is 0 Å². The van der Waals surface area contributed by atoms with Gasteiger partial charge < -0.3 is 16.4 Å². The Kier molecular flexibility index (Phi) is 8.92. The molecule has 4 N–H and O–H groups in total. The van der Waals surface area contributed by atoms with Crippen LogP contribution in [0.3, 0.4) is 0 Å². The van der Waals surface area contributed by atoms with Crippen LogP contribution in [0.5, 0.6) is 0 Å². The summed E-state index contributed by atoms with van der Waals surface area (Å²) in [5.41, 5.74) is 9.32. The number of hydrogen-bond acceptors (Lipinski definition) is 3. The molecule has 140 valence electrons. The first kappa shape index (κ1) is 21.2. The first-order chi connectivity index (χ1) is 12.3. The van der Waals surface area contributed by atoms with Crippen LogP contribution in [-0.2, 0) is 4.79 Å². The van der Waals surface area contributed by atoms with Crippen LogP contribution < -0.4 is 16.4 Å². The van der Waals surface area contributed by atoms with E-state index in [1.807, 2.05) is 32.0 Å². The van der Waals surface area contributed by atoms with Gasteiger partial charge in [-0.25, -0.2) is 0 Å². The highest BCUT2D eigenvalue weighted by molar-refractivity contribution is 5.94. The fraction of sp³-hybridized carbons (Fsp3) is 0.333. The van der Waals surface area contributed by atoms with Crippen molar-refractivity contribution >= 4 is 11.8 Å². The molecule has 0 radical (unpaired) electrons. The van der Waals surface area contributed by atoms with Crippen molar-refractivity contribution in [1.29, 1.82) is 0 Å². The molecule has 0 unspecified atom stereocenters. The van der Waals surface area contributed by atoms with E-state index in [2.05, 4.69) is 23.8 Å². The maximum Gasteiger partial charge on any atom is 0.251 e. The van der Waals surface area contributed by atoms with Crippen molar-refractivity contribution in [3.8, 4) is 0 Å². The summed E-state index contributed by atoms with van der Waals surface area (Å²) in [6.45, 7) is 11.8. The molecule has 0 fully saturated rings. The van der Waals surface area contributed by atoms with Gasteiger partial charge >= 0.3 is 0 Å². The van der Waals surface area contributed by atoms with E-state index < -0.39 is 0 Å². The average Bonchev–Trinajstić information content (AvgIpc) is 2.59. The number of hydrogen-bond donors (Lipinski definition) is 3. The zero-order valence-corrected chi connectivity index (χ0v) is 15.7. The van der Waals surface area contributed by atoms with Crippen LogP contribution in [0.2, 0.25) is 0 Å². The highest BCUT2D eigenvalue weighted by Crippen LogP contribution is 2.10. The molecule has 26 heavy (non-hydrogen) atoms. The highest BCUT2D eigenvalue weighted by Gasteiger charge is 2.07. The van der Waals surface area contributed by atoms with Gasteiger partial charge in [0.05, 0.1) is 5.70 Å². The molecule has 0 saturated carbocycles. The Balaban J connectivity index is 2.24. The minimum atomic E-state index is -0.108. The molecule has 2 amide bonds. The summed E-state index contributed by atoms with van der Waals surface area (Å²) in [5, 5.41) is 5.62. The van der Waals surface area contributed by atoms with Crippen molar-refractivity contribution in [2.75, 3.05) is 6.54 Å². The Labute approximate surface area is 156 Å². The number of aryl methyl sites for hydroxylation is 2. The van der Waals surface area contributed by atoms with Crippen molar-refractivity contribution in [3.05, 3.63) is 71.6 Å². The maximum atomic E-state index is 12.1. The van der Waals surface area contributed by atoms with Crippen LogP contribution in [-0.4, -0.2) is 18.4 Å². The summed E-state index contributed by atoms with van der Waals surface area (Å²) < 4.78 is 0. The molecule has 1 rings (SSSR count). The van der Waals surface area contributed by atoms with Crippen LogP contribution in [0.25, 0.3) is 0 Å². The Morgan fingerprint density at radius 2 is 1.88 bits per heavy atom. The number of rotatable bonds is 10. The summed E-state index contributed by atoms with van der Waals surface area (Å²) in [4.78, 5) is 24.0. The summed E-state index contributed by atoms with van der Waals surface area (Å²) in [7, 11) is 0. The first-order valence-corrected chi connectivity index (χ1v) is 8.78. The Morgan fingerprint density at radius 3 is 2.50 bits per heavy atom. The second kappa shape index (κ2) is 10.9. The molecule has 1 aromatic carbocycles. The number of carbonyl (C=O) groups is 2. The molecular formula is C21H29N3O2. The normalized spacial score (nSPS) is 10.9. The largest absolute Gasteiger partial charge is 0.398 e. The SMILES string of the molecule is C=C/C=C(/NC(=O)CCCCCNC(=O)c1ccc(C)c(C)c1)C(=C)N. The number of allylic oxidation sites excluding steroid dienone is 2. The second-order valence-corrected chi connectivity index (χ2v) is 6.26. The van der Waals surface area contributed by atoms with Crippen LogP contribution in [0.15, 0.2) is 54.9 Å². The molecular weight excluding hydrogens is 326 g/mol. The lowest BCUT2D eigenvalue weighted by Crippen LogP contribution is -2.26. The van der Waals surface area contributed by atoms with Gasteiger partial charge in [-0.15, -0.1) is 0 Å². The number of carbonyl (C=O) groups excluding carboxylic acids is 2. The monoisotopic (exact) mass is 355 g/mol. The molecule has 1 aromatic rings. The highest BCUT2D eigenvalue weighted by atomic mass is 16.2. The van der Waals surface area contributed by atoms with E-state index in [0.717, 1.165) is 24.8 Å². The van der Waals surface area contributed by atoms with E-state index in [1.54, 1.807) is 12.2 Å². The fourth-order valence-electron chi connectivity index (χ4n) is 2.33. The van der Waals surface area contributed by atoms with E-state index in [9.17, 15) is 9.59 Å². The van der Waals surface area contributed by atoms with Gasteiger partial charge in [-0.1, -0.05) is 31.7 Å². The van der Waals surface area contributed by atoms with E-state index in [4.69, 9.17) is 5.73 Å².